The predicted octanol–water partition coefficient (Wildman–Crippen LogP) is 5.58. The summed E-state index contributed by atoms with van der Waals surface area (Å²) in [4.78, 5) is 12.1. The van der Waals surface area contributed by atoms with Gasteiger partial charge in [0.1, 0.15) is 0 Å². The minimum atomic E-state index is 0.215. The van der Waals surface area contributed by atoms with Crippen LogP contribution in [0.15, 0.2) is 30.3 Å². The monoisotopic (exact) mass is 364 g/mol. The maximum Gasteiger partial charge on any atom is 0.220 e. The van der Waals surface area contributed by atoms with E-state index in [1.165, 1.54) is 38.3 Å². The Hall–Kier alpha value is -1.35. The molecule has 0 heterocycles. The first-order valence-electron chi connectivity index (χ1n) is 10.5. The van der Waals surface area contributed by atoms with Gasteiger partial charge in [-0.1, -0.05) is 77.8 Å². The molecule has 1 aromatic carbocycles. The summed E-state index contributed by atoms with van der Waals surface area (Å²) in [6, 6.07) is 10.6. The summed E-state index contributed by atoms with van der Waals surface area (Å²) in [7, 11) is 1.50. The summed E-state index contributed by atoms with van der Waals surface area (Å²) in [6.45, 7) is 12.4. The average Bonchev–Trinajstić information content (AvgIpc) is 2.69. The summed E-state index contributed by atoms with van der Waals surface area (Å²) in [5, 5.41) is 3.15. The highest BCUT2D eigenvalue weighted by molar-refractivity contribution is 5.76. The molecule has 0 aromatic heterocycles. The van der Waals surface area contributed by atoms with E-state index >= 15 is 0 Å². The molecule has 1 aliphatic carbocycles. The molecule has 1 fully saturated rings. The minimum Gasteiger partial charge on any atom is -0.353 e. The molecule has 3 heteroatoms. The molecular weight excluding hydrogens is 320 g/mol. The molecule has 1 saturated carbocycles. The van der Waals surface area contributed by atoms with E-state index in [4.69, 9.17) is 0 Å². The number of carbonyl (C=O) groups excluding carboxylic acids is 1. The summed E-state index contributed by atoms with van der Waals surface area (Å²) in [5.74, 6) is 1.69. The average molecular weight is 365 g/mol. The van der Waals surface area contributed by atoms with Gasteiger partial charge in [-0.2, -0.15) is 0 Å². The van der Waals surface area contributed by atoms with Crippen LogP contribution in [0.5, 0.6) is 0 Å². The third-order valence-corrected chi connectivity index (χ3v) is 4.40. The number of hydrogen-bond acceptors (Lipinski definition) is 2. The number of carbonyl (C=O) groups is 1. The molecule has 0 aliphatic heterocycles. The molecule has 0 radical (unpaired) electrons. The fourth-order valence-electron chi connectivity index (χ4n) is 3.15. The fourth-order valence-corrected chi connectivity index (χ4v) is 3.15. The molecular formula is C23H44N2O. The largest absolute Gasteiger partial charge is 0.353 e. The van der Waals surface area contributed by atoms with Crippen molar-refractivity contribution in [1.29, 1.82) is 0 Å². The van der Waals surface area contributed by atoms with Gasteiger partial charge in [0, 0.05) is 12.5 Å². The maximum absolute atomic E-state index is 12.1. The SMILES string of the molecule is CC.CC.CC1CCC(CC(=O)NC(C)Cc2ccccc2)CC1.CN. The Morgan fingerprint density at radius 3 is 2.04 bits per heavy atom. The second-order valence-electron chi connectivity index (χ2n) is 6.49. The summed E-state index contributed by atoms with van der Waals surface area (Å²) in [5.41, 5.74) is 5.78. The zero-order valence-corrected chi connectivity index (χ0v) is 18.3. The van der Waals surface area contributed by atoms with E-state index in [9.17, 15) is 4.79 Å². The normalized spacial score (nSPS) is 19.2. The van der Waals surface area contributed by atoms with E-state index < -0.39 is 0 Å². The Morgan fingerprint density at radius 1 is 1.04 bits per heavy atom. The van der Waals surface area contributed by atoms with Crippen LogP contribution in [0.3, 0.4) is 0 Å². The second-order valence-corrected chi connectivity index (χ2v) is 6.49. The molecule has 1 amide bonds. The Balaban J connectivity index is 0. The molecule has 0 saturated heterocycles. The number of hydrogen-bond donors (Lipinski definition) is 2. The molecule has 0 bridgehead atoms. The van der Waals surface area contributed by atoms with E-state index in [2.05, 4.69) is 37.0 Å². The van der Waals surface area contributed by atoms with Gasteiger partial charge in [0.2, 0.25) is 5.91 Å². The van der Waals surface area contributed by atoms with E-state index in [0.717, 1.165) is 12.3 Å². The Labute approximate surface area is 163 Å². The van der Waals surface area contributed by atoms with Crippen LogP contribution < -0.4 is 11.1 Å². The quantitative estimate of drug-likeness (QED) is 0.717. The first-order valence-corrected chi connectivity index (χ1v) is 10.5. The zero-order valence-electron chi connectivity index (χ0n) is 18.3. The standard InChI is InChI=1S/C18H27NO.2C2H6.CH5N/c1-14-8-10-17(11-9-14)13-18(20)19-15(2)12-16-6-4-3-5-7-16;3*1-2/h3-7,14-15,17H,8-13H2,1-2H3,(H,19,20);2*1-2H3;2H2,1H3. The first kappa shape index (κ1) is 26.9. The number of amides is 1. The highest BCUT2D eigenvalue weighted by Crippen LogP contribution is 2.30. The van der Waals surface area contributed by atoms with Gasteiger partial charge in [-0.25, -0.2) is 0 Å². The number of nitrogens with two attached hydrogens (primary N) is 1. The van der Waals surface area contributed by atoms with Crippen molar-refractivity contribution < 1.29 is 4.79 Å². The van der Waals surface area contributed by atoms with Gasteiger partial charge >= 0.3 is 0 Å². The minimum absolute atomic E-state index is 0.215. The van der Waals surface area contributed by atoms with Crippen LogP contribution in [-0.2, 0) is 11.2 Å². The molecule has 1 unspecified atom stereocenters. The van der Waals surface area contributed by atoms with Crippen molar-refractivity contribution in [2.24, 2.45) is 17.6 Å². The van der Waals surface area contributed by atoms with Crippen LogP contribution in [0.4, 0.5) is 0 Å². The van der Waals surface area contributed by atoms with Crippen molar-refractivity contribution in [2.75, 3.05) is 7.05 Å². The molecule has 1 aromatic rings. The highest BCUT2D eigenvalue weighted by atomic mass is 16.1. The second kappa shape index (κ2) is 18.4. The third kappa shape index (κ3) is 12.9. The third-order valence-electron chi connectivity index (χ3n) is 4.40. The highest BCUT2D eigenvalue weighted by Gasteiger charge is 2.21. The number of benzene rings is 1. The molecule has 0 spiro atoms. The first-order chi connectivity index (χ1) is 12.6. The van der Waals surface area contributed by atoms with E-state index in [-0.39, 0.29) is 11.9 Å². The van der Waals surface area contributed by atoms with Gasteiger partial charge in [0.15, 0.2) is 0 Å². The van der Waals surface area contributed by atoms with Crippen molar-refractivity contribution >= 4 is 5.91 Å². The van der Waals surface area contributed by atoms with Gasteiger partial charge in [-0.05, 0) is 50.6 Å². The summed E-state index contributed by atoms with van der Waals surface area (Å²) < 4.78 is 0. The summed E-state index contributed by atoms with van der Waals surface area (Å²) >= 11 is 0. The van der Waals surface area contributed by atoms with Crippen LogP contribution in [-0.4, -0.2) is 19.0 Å². The van der Waals surface area contributed by atoms with Gasteiger partial charge in [0.05, 0.1) is 0 Å². The van der Waals surface area contributed by atoms with Gasteiger partial charge in [-0.3, -0.25) is 4.79 Å². The van der Waals surface area contributed by atoms with Gasteiger partial charge in [-0.15, -0.1) is 0 Å². The smallest absolute Gasteiger partial charge is 0.220 e. The van der Waals surface area contributed by atoms with Crippen molar-refractivity contribution in [1.82, 2.24) is 5.32 Å². The molecule has 152 valence electrons. The maximum atomic E-state index is 12.1. The molecule has 26 heavy (non-hydrogen) atoms. The zero-order chi connectivity index (χ0) is 20.4. The molecule has 1 aliphatic rings. The van der Waals surface area contributed by atoms with Crippen molar-refractivity contribution in [3.63, 3.8) is 0 Å². The van der Waals surface area contributed by atoms with Crippen LogP contribution in [0.2, 0.25) is 0 Å². The molecule has 1 atom stereocenters. The van der Waals surface area contributed by atoms with E-state index in [1.54, 1.807) is 0 Å². The van der Waals surface area contributed by atoms with Gasteiger partial charge < -0.3 is 11.1 Å². The Bertz CT molecular complexity index is 411. The van der Waals surface area contributed by atoms with Crippen LogP contribution in [0, 0.1) is 11.8 Å². The lowest BCUT2D eigenvalue weighted by molar-refractivity contribution is -0.122. The molecule has 3 nitrogen and oxygen atoms in total. The van der Waals surface area contributed by atoms with Gasteiger partial charge in [0.25, 0.3) is 0 Å². The Morgan fingerprint density at radius 2 is 1.54 bits per heavy atom. The molecule has 2 rings (SSSR count). The number of nitrogens with one attached hydrogen (secondary N) is 1. The van der Waals surface area contributed by atoms with Crippen molar-refractivity contribution in [3.8, 4) is 0 Å². The lowest BCUT2D eigenvalue weighted by atomic mass is 9.81. The topological polar surface area (TPSA) is 55.1 Å². The van der Waals surface area contributed by atoms with Crippen LogP contribution in [0.25, 0.3) is 0 Å². The lowest BCUT2D eigenvalue weighted by Gasteiger charge is -2.26. The fraction of sp³-hybridized carbons (Fsp3) is 0.696. The van der Waals surface area contributed by atoms with E-state index in [1.807, 2.05) is 45.9 Å². The Kier molecular flexibility index (Phi) is 19.1. The lowest BCUT2D eigenvalue weighted by Crippen LogP contribution is -2.35. The van der Waals surface area contributed by atoms with Crippen LogP contribution in [0.1, 0.15) is 79.2 Å². The number of rotatable bonds is 5. The molecule has 3 N–H and O–H groups in total. The van der Waals surface area contributed by atoms with Crippen molar-refractivity contribution in [3.05, 3.63) is 35.9 Å². The van der Waals surface area contributed by atoms with Crippen molar-refractivity contribution in [2.45, 2.75) is 86.1 Å². The van der Waals surface area contributed by atoms with Crippen LogP contribution >= 0.6 is 0 Å². The predicted molar refractivity (Wildman–Crippen MR) is 116 cm³/mol. The van der Waals surface area contributed by atoms with E-state index in [0.29, 0.717) is 12.3 Å². The summed E-state index contributed by atoms with van der Waals surface area (Å²) in [6.07, 6.45) is 6.65.